The van der Waals surface area contributed by atoms with Gasteiger partial charge in [0.2, 0.25) is 0 Å². The standard InChI is InChI=1S/C21H36O6/c1-4-5-6-12-20(2,26)14-11-16-9-10-17(22)21(16,3)13-7-8-15-27-19(25)18(23)24/h11,14,16,19,25-26H,4-10,12-13,15H2,1-3H3,(H,23,24)/t16-,19?,20?,21-/m1/s1. The zero-order valence-electron chi connectivity index (χ0n) is 16.9. The lowest BCUT2D eigenvalue weighted by Crippen LogP contribution is -2.29. The third kappa shape index (κ3) is 7.72. The summed E-state index contributed by atoms with van der Waals surface area (Å²) in [6.45, 7) is 6.08. The van der Waals surface area contributed by atoms with Crippen LogP contribution in [0.25, 0.3) is 0 Å². The smallest absolute Gasteiger partial charge is 0.360 e. The van der Waals surface area contributed by atoms with Crippen LogP contribution in [0.4, 0.5) is 0 Å². The Kier molecular flexibility index (Phi) is 9.63. The van der Waals surface area contributed by atoms with Crippen molar-refractivity contribution in [3.63, 3.8) is 0 Å². The number of hydrogen-bond acceptors (Lipinski definition) is 5. The van der Waals surface area contributed by atoms with Crippen LogP contribution in [0.1, 0.15) is 78.6 Å². The molecular formula is C21H36O6. The normalized spacial score (nSPS) is 26.4. The van der Waals surface area contributed by atoms with Gasteiger partial charge in [-0.3, -0.25) is 4.79 Å². The third-order valence-electron chi connectivity index (χ3n) is 5.69. The van der Waals surface area contributed by atoms with Gasteiger partial charge in [0.25, 0.3) is 6.29 Å². The summed E-state index contributed by atoms with van der Waals surface area (Å²) >= 11 is 0. The van der Waals surface area contributed by atoms with Crippen LogP contribution in [0.15, 0.2) is 12.2 Å². The fourth-order valence-corrected chi connectivity index (χ4v) is 3.73. The number of aliphatic hydroxyl groups excluding tert-OH is 1. The number of ketones is 1. The molecule has 0 aromatic heterocycles. The highest BCUT2D eigenvalue weighted by Crippen LogP contribution is 2.45. The van der Waals surface area contributed by atoms with Gasteiger partial charge < -0.3 is 20.1 Å². The number of rotatable bonds is 13. The predicted molar refractivity (Wildman–Crippen MR) is 103 cm³/mol. The molecule has 4 atom stereocenters. The van der Waals surface area contributed by atoms with Crippen molar-refractivity contribution in [3.8, 4) is 0 Å². The van der Waals surface area contributed by atoms with Gasteiger partial charge in [-0.05, 0) is 38.5 Å². The van der Waals surface area contributed by atoms with Crippen LogP contribution >= 0.6 is 0 Å². The van der Waals surface area contributed by atoms with E-state index in [1.54, 1.807) is 0 Å². The van der Waals surface area contributed by atoms with Crippen molar-refractivity contribution >= 4 is 11.8 Å². The molecule has 6 heteroatoms. The van der Waals surface area contributed by atoms with Crippen molar-refractivity contribution in [2.75, 3.05) is 6.61 Å². The summed E-state index contributed by atoms with van der Waals surface area (Å²) in [5.41, 5.74) is -1.30. The van der Waals surface area contributed by atoms with Crippen LogP contribution in [-0.4, -0.2) is 45.6 Å². The number of allylic oxidation sites excluding steroid dienone is 1. The van der Waals surface area contributed by atoms with Crippen LogP contribution in [0.3, 0.4) is 0 Å². The molecule has 27 heavy (non-hydrogen) atoms. The number of unbranched alkanes of at least 4 members (excludes halogenated alkanes) is 3. The summed E-state index contributed by atoms with van der Waals surface area (Å²) in [5.74, 6) is -1.05. The maximum absolute atomic E-state index is 12.5. The number of aliphatic carboxylic acids is 1. The average molecular weight is 385 g/mol. The quantitative estimate of drug-likeness (QED) is 0.255. The first-order valence-electron chi connectivity index (χ1n) is 10.1. The number of carbonyl (C=O) groups is 2. The Morgan fingerprint density at radius 2 is 2.07 bits per heavy atom. The van der Waals surface area contributed by atoms with Gasteiger partial charge in [0.15, 0.2) is 0 Å². The van der Waals surface area contributed by atoms with Gasteiger partial charge in [0.05, 0.1) is 12.2 Å². The maximum Gasteiger partial charge on any atom is 0.360 e. The van der Waals surface area contributed by atoms with Gasteiger partial charge in [-0.15, -0.1) is 0 Å². The average Bonchev–Trinajstić information content (AvgIpc) is 2.87. The Morgan fingerprint density at radius 3 is 2.70 bits per heavy atom. The van der Waals surface area contributed by atoms with Crippen LogP contribution < -0.4 is 0 Å². The topological polar surface area (TPSA) is 104 Å². The van der Waals surface area contributed by atoms with E-state index in [4.69, 9.17) is 14.9 Å². The van der Waals surface area contributed by atoms with E-state index >= 15 is 0 Å². The summed E-state index contributed by atoms with van der Waals surface area (Å²) < 4.78 is 4.82. The van der Waals surface area contributed by atoms with Crippen LogP contribution in [0.2, 0.25) is 0 Å². The van der Waals surface area contributed by atoms with Gasteiger partial charge in [-0.25, -0.2) is 4.79 Å². The number of carboxylic acids is 1. The first kappa shape index (κ1) is 23.8. The molecule has 0 aromatic carbocycles. The number of ether oxygens (including phenoxy) is 1. The highest BCUT2D eigenvalue weighted by atomic mass is 16.6. The Bertz CT molecular complexity index is 513. The Hall–Kier alpha value is -1.24. The second-order valence-corrected chi connectivity index (χ2v) is 8.18. The molecule has 0 radical (unpaired) electrons. The van der Waals surface area contributed by atoms with Crippen molar-refractivity contribution in [1.82, 2.24) is 0 Å². The van der Waals surface area contributed by atoms with Crippen molar-refractivity contribution in [1.29, 1.82) is 0 Å². The van der Waals surface area contributed by atoms with Gasteiger partial charge in [-0.1, -0.05) is 51.7 Å². The molecule has 0 amide bonds. The summed E-state index contributed by atoms with van der Waals surface area (Å²) in [5, 5.41) is 28.2. The van der Waals surface area contributed by atoms with Crippen LogP contribution in [-0.2, 0) is 14.3 Å². The molecular weight excluding hydrogens is 348 g/mol. The Morgan fingerprint density at radius 1 is 1.37 bits per heavy atom. The first-order chi connectivity index (χ1) is 12.6. The number of carboxylic acid groups (broad SMARTS) is 1. The molecule has 0 aliphatic heterocycles. The summed E-state index contributed by atoms with van der Waals surface area (Å²) in [7, 11) is 0. The van der Waals surface area contributed by atoms with Crippen molar-refractivity contribution in [3.05, 3.63) is 12.2 Å². The summed E-state index contributed by atoms with van der Waals surface area (Å²) in [6, 6.07) is 0. The van der Waals surface area contributed by atoms with E-state index in [0.717, 1.165) is 32.1 Å². The second kappa shape index (κ2) is 10.9. The van der Waals surface area contributed by atoms with Crippen molar-refractivity contribution in [2.24, 2.45) is 11.3 Å². The van der Waals surface area contributed by atoms with Crippen LogP contribution in [0.5, 0.6) is 0 Å². The molecule has 1 rings (SSSR count). The molecule has 1 saturated carbocycles. The number of aliphatic hydroxyl groups is 2. The number of carbonyl (C=O) groups excluding carboxylic acids is 1. The lowest BCUT2D eigenvalue weighted by molar-refractivity contribution is -0.176. The van der Waals surface area contributed by atoms with E-state index in [0.29, 0.717) is 25.7 Å². The lowest BCUT2D eigenvalue weighted by atomic mass is 9.74. The first-order valence-corrected chi connectivity index (χ1v) is 10.1. The molecule has 1 fully saturated rings. The molecule has 0 aromatic rings. The third-order valence-corrected chi connectivity index (χ3v) is 5.69. The van der Waals surface area contributed by atoms with Gasteiger partial charge in [0.1, 0.15) is 5.78 Å². The van der Waals surface area contributed by atoms with E-state index in [2.05, 4.69) is 6.92 Å². The summed E-state index contributed by atoms with van der Waals surface area (Å²) in [6.07, 6.45) is 9.33. The molecule has 1 aliphatic carbocycles. The fourth-order valence-electron chi connectivity index (χ4n) is 3.73. The molecule has 3 N–H and O–H groups in total. The van der Waals surface area contributed by atoms with E-state index in [1.165, 1.54) is 0 Å². The molecule has 2 unspecified atom stereocenters. The maximum atomic E-state index is 12.5. The van der Waals surface area contributed by atoms with Crippen molar-refractivity contribution < 1.29 is 29.6 Å². The zero-order chi connectivity index (χ0) is 20.5. The molecule has 156 valence electrons. The molecule has 0 heterocycles. The van der Waals surface area contributed by atoms with E-state index in [1.807, 2.05) is 26.0 Å². The SMILES string of the molecule is CCCCCC(C)(O)C=C[C@H]1CCC(=O)[C@]1(C)CCCCOC(O)C(=O)O. The minimum Gasteiger partial charge on any atom is -0.477 e. The van der Waals surface area contributed by atoms with Crippen LogP contribution in [0, 0.1) is 11.3 Å². The fraction of sp³-hybridized carbons (Fsp3) is 0.810. The predicted octanol–water partition coefficient (Wildman–Crippen LogP) is 3.45. The highest BCUT2D eigenvalue weighted by molar-refractivity contribution is 5.87. The van der Waals surface area contributed by atoms with Gasteiger partial charge in [0, 0.05) is 11.8 Å². The Balaban J connectivity index is 2.53. The van der Waals surface area contributed by atoms with E-state index in [-0.39, 0.29) is 18.3 Å². The molecule has 0 saturated heterocycles. The summed E-state index contributed by atoms with van der Waals surface area (Å²) in [4.78, 5) is 23.0. The molecule has 6 nitrogen and oxygen atoms in total. The minimum absolute atomic E-state index is 0.105. The molecule has 1 aliphatic rings. The van der Waals surface area contributed by atoms with Gasteiger partial charge >= 0.3 is 5.97 Å². The van der Waals surface area contributed by atoms with E-state index < -0.39 is 23.3 Å². The lowest BCUT2D eigenvalue weighted by Gasteiger charge is -2.29. The monoisotopic (exact) mass is 384 g/mol. The van der Waals surface area contributed by atoms with Gasteiger partial charge in [-0.2, -0.15) is 0 Å². The zero-order valence-corrected chi connectivity index (χ0v) is 16.9. The molecule has 0 spiro atoms. The van der Waals surface area contributed by atoms with E-state index in [9.17, 15) is 14.7 Å². The number of Topliss-reactive ketones (excluding diaryl/α,β-unsaturated/α-hetero) is 1. The number of hydrogen-bond donors (Lipinski definition) is 3. The Labute approximate surface area is 162 Å². The highest BCUT2D eigenvalue weighted by Gasteiger charge is 2.44. The molecule has 0 bridgehead atoms. The second-order valence-electron chi connectivity index (χ2n) is 8.18. The minimum atomic E-state index is -1.79. The largest absolute Gasteiger partial charge is 0.477 e. The van der Waals surface area contributed by atoms with Crippen molar-refractivity contribution in [2.45, 2.75) is 90.4 Å².